The van der Waals surface area contributed by atoms with E-state index in [2.05, 4.69) is 10.3 Å². The highest BCUT2D eigenvalue weighted by atomic mass is 35.5. The van der Waals surface area contributed by atoms with E-state index in [1.54, 1.807) is 6.20 Å². The topological polar surface area (TPSA) is 77.2 Å². The molecule has 2 aliphatic heterocycles. The molecule has 0 aliphatic carbocycles. The van der Waals surface area contributed by atoms with E-state index in [1.807, 2.05) is 30.3 Å². The molecule has 2 saturated heterocycles. The van der Waals surface area contributed by atoms with E-state index in [4.69, 9.17) is 22.1 Å². The molecule has 25 heavy (non-hydrogen) atoms. The second-order valence-corrected chi connectivity index (χ2v) is 8.29. The number of amides is 1. The molecule has 1 aromatic heterocycles. The molecule has 3 heterocycles. The zero-order chi connectivity index (χ0) is 17.6. The summed E-state index contributed by atoms with van der Waals surface area (Å²) < 4.78 is 6.05. The fourth-order valence-corrected chi connectivity index (χ4v) is 4.49. The molecule has 1 aromatic carbocycles. The number of hydrogen-bond acceptors (Lipinski definition) is 4. The summed E-state index contributed by atoms with van der Waals surface area (Å²) in [5.41, 5.74) is 7.58. The van der Waals surface area contributed by atoms with Gasteiger partial charge in [0, 0.05) is 33.1 Å². The molecule has 2 fully saturated rings. The van der Waals surface area contributed by atoms with Crippen molar-refractivity contribution in [1.29, 1.82) is 0 Å². The SMILES string of the molecule is Nc1cc([C@@H]2[C@H](C(=O)Nc3ccc([SiH3])c(Cl)c3)[C@H]3CC[C@@H]2O3)ccn1. The first-order valence-electron chi connectivity index (χ1n) is 8.47. The van der Waals surface area contributed by atoms with E-state index in [0.717, 1.165) is 39.5 Å². The number of pyridine rings is 1. The van der Waals surface area contributed by atoms with Crippen molar-refractivity contribution in [2.24, 2.45) is 5.92 Å². The van der Waals surface area contributed by atoms with Crippen molar-refractivity contribution in [3.8, 4) is 0 Å². The van der Waals surface area contributed by atoms with E-state index in [-0.39, 0.29) is 30.0 Å². The summed E-state index contributed by atoms with van der Waals surface area (Å²) in [6, 6.07) is 9.46. The van der Waals surface area contributed by atoms with Crippen LogP contribution in [0.25, 0.3) is 0 Å². The van der Waals surface area contributed by atoms with Crippen molar-refractivity contribution < 1.29 is 9.53 Å². The number of benzene rings is 1. The van der Waals surface area contributed by atoms with Gasteiger partial charge in [0.15, 0.2) is 0 Å². The number of fused-ring (bicyclic) bond motifs is 2. The van der Waals surface area contributed by atoms with Crippen LogP contribution < -0.4 is 16.2 Å². The highest BCUT2D eigenvalue weighted by molar-refractivity contribution is 6.45. The van der Waals surface area contributed by atoms with Crippen LogP contribution in [0.3, 0.4) is 0 Å². The van der Waals surface area contributed by atoms with Crippen LogP contribution in [0.1, 0.15) is 24.3 Å². The van der Waals surface area contributed by atoms with Crippen LogP contribution >= 0.6 is 11.6 Å². The standard InChI is InChI=1S/C18H20ClN3O2Si/c19-11-8-10(1-4-14(11)25)22-18(23)17-13-3-2-12(24-13)16(17)9-5-6-21-15(20)7-9/h1,4-8,12-13,16-17H,2-3H2,25H3,(H2,20,21)(H,22,23)/t12-,13+,16-,17+/m0/s1. The largest absolute Gasteiger partial charge is 0.384 e. The van der Waals surface area contributed by atoms with Crippen LogP contribution in [0.5, 0.6) is 0 Å². The zero-order valence-corrected chi connectivity index (χ0v) is 16.7. The average Bonchev–Trinajstić information content (AvgIpc) is 3.19. The Balaban J connectivity index is 1.60. The number of carbonyl (C=O) groups excluding carboxylic acids is 1. The molecule has 0 saturated carbocycles. The van der Waals surface area contributed by atoms with Gasteiger partial charge < -0.3 is 15.8 Å². The molecule has 3 N–H and O–H groups in total. The smallest absolute Gasteiger partial charge is 0.230 e. The normalized spacial score (nSPS) is 27.6. The summed E-state index contributed by atoms with van der Waals surface area (Å²) in [5, 5.41) is 4.84. The molecule has 2 aromatic rings. The van der Waals surface area contributed by atoms with Crippen molar-refractivity contribution >= 4 is 44.4 Å². The Kier molecular flexibility index (Phi) is 4.27. The monoisotopic (exact) mass is 373 g/mol. The molecule has 2 bridgehead atoms. The van der Waals surface area contributed by atoms with E-state index in [0.29, 0.717) is 10.8 Å². The summed E-state index contributed by atoms with van der Waals surface area (Å²) in [7, 11) is 0.880. The number of halogens is 1. The number of nitrogen functional groups attached to an aromatic ring is 1. The van der Waals surface area contributed by atoms with Gasteiger partial charge >= 0.3 is 0 Å². The summed E-state index contributed by atoms with van der Waals surface area (Å²) in [6.45, 7) is 0. The lowest BCUT2D eigenvalue weighted by Gasteiger charge is -2.27. The molecule has 130 valence electrons. The Hall–Kier alpha value is -1.89. The quantitative estimate of drug-likeness (QED) is 0.793. The van der Waals surface area contributed by atoms with Crippen LogP contribution in [0, 0.1) is 5.92 Å². The maximum atomic E-state index is 13.0. The third-order valence-corrected chi connectivity index (χ3v) is 6.80. The molecule has 1 amide bonds. The second kappa shape index (κ2) is 6.44. The summed E-state index contributed by atoms with van der Waals surface area (Å²) in [4.78, 5) is 17.1. The molecule has 0 radical (unpaired) electrons. The van der Waals surface area contributed by atoms with Crippen LogP contribution in [-0.2, 0) is 9.53 Å². The van der Waals surface area contributed by atoms with Crippen molar-refractivity contribution in [3.05, 3.63) is 47.1 Å². The lowest BCUT2D eigenvalue weighted by molar-refractivity contribution is -0.121. The van der Waals surface area contributed by atoms with Gasteiger partial charge in [-0.25, -0.2) is 4.98 Å². The first-order valence-corrected chi connectivity index (χ1v) is 9.84. The van der Waals surface area contributed by atoms with Crippen molar-refractivity contribution in [2.45, 2.75) is 31.0 Å². The number of hydrogen-bond donors (Lipinski definition) is 2. The van der Waals surface area contributed by atoms with Gasteiger partial charge in [0.2, 0.25) is 5.91 Å². The minimum atomic E-state index is -0.227. The van der Waals surface area contributed by atoms with Gasteiger partial charge in [0.05, 0.1) is 18.1 Å². The first-order chi connectivity index (χ1) is 12.0. The fraction of sp³-hybridized carbons (Fsp3) is 0.333. The molecule has 4 atom stereocenters. The summed E-state index contributed by atoms with van der Waals surface area (Å²) in [5.74, 6) is 0.228. The second-order valence-electron chi connectivity index (χ2n) is 6.81. The van der Waals surface area contributed by atoms with Crippen molar-refractivity contribution in [2.75, 3.05) is 11.1 Å². The minimum absolute atomic E-state index is 0.0115. The molecule has 2 aliphatic rings. The van der Waals surface area contributed by atoms with E-state index in [9.17, 15) is 4.79 Å². The maximum absolute atomic E-state index is 13.0. The summed E-state index contributed by atoms with van der Waals surface area (Å²) >= 11 is 6.20. The number of aromatic nitrogens is 1. The molecule has 4 rings (SSSR count). The predicted molar refractivity (Wildman–Crippen MR) is 102 cm³/mol. The Bertz CT molecular complexity index is 832. The first kappa shape index (κ1) is 16.6. The Morgan fingerprint density at radius 2 is 2.08 bits per heavy atom. The molecule has 5 nitrogen and oxygen atoms in total. The highest BCUT2D eigenvalue weighted by Gasteiger charge is 2.52. The van der Waals surface area contributed by atoms with Gasteiger partial charge in [-0.2, -0.15) is 0 Å². The highest BCUT2D eigenvalue weighted by Crippen LogP contribution is 2.49. The van der Waals surface area contributed by atoms with Crippen LogP contribution in [-0.4, -0.2) is 33.3 Å². The molecule has 0 spiro atoms. The van der Waals surface area contributed by atoms with Gasteiger partial charge in [0.25, 0.3) is 0 Å². The van der Waals surface area contributed by atoms with Gasteiger partial charge in [-0.15, -0.1) is 0 Å². The third-order valence-electron chi connectivity index (χ3n) is 5.21. The van der Waals surface area contributed by atoms with Gasteiger partial charge in [-0.3, -0.25) is 4.79 Å². The summed E-state index contributed by atoms with van der Waals surface area (Å²) in [6.07, 6.45) is 3.60. The lowest BCUT2D eigenvalue weighted by atomic mass is 9.75. The number of anilines is 2. The van der Waals surface area contributed by atoms with Crippen LogP contribution in [0.15, 0.2) is 36.5 Å². The molecule has 0 unspecified atom stereocenters. The van der Waals surface area contributed by atoms with Crippen molar-refractivity contribution in [3.63, 3.8) is 0 Å². The molecular weight excluding hydrogens is 354 g/mol. The number of nitrogens with zero attached hydrogens (tertiary/aromatic N) is 1. The Morgan fingerprint density at radius 3 is 2.84 bits per heavy atom. The predicted octanol–water partition coefficient (Wildman–Crippen LogP) is 1.21. The number of ether oxygens (including phenoxy) is 1. The van der Waals surface area contributed by atoms with Gasteiger partial charge in [-0.05, 0) is 42.7 Å². The maximum Gasteiger partial charge on any atom is 0.230 e. The average molecular weight is 374 g/mol. The number of rotatable bonds is 3. The fourth-order valence-electron chi connectivity index (χ4n) is 4.00. The van der Waals surface area contributed by atoms with Gasteiger partial charge in [-0.1, -0.05) is 22.9 Å². The van der Waals surface area contributed by atoms with E-state index < -0.39 is 0 Å². The lowest BCUT2D eigenvalue weighted by Crippen LogP contribution is -2.36. The van der Waals surface area contributed by atoms with Gasteiger partial charge in [0.1, 0.15) is 5.82 Å². The van der Waals surface area contributed by atoms with Crippen LogP contribution in [0.4, 0.5) is 11.5 Å². The van der Waals surface area contributed by atoms with Crippen molar-refractivity contribution in [1.82, 2.24) is 4.98 Å². The Morgan fingerprint density at radius 1 is 1.28 bits per heavy atom. The number of carbonyl (C=O) groups is 1. The number of nitrogens with one attached hydrogen (secondary N) is 1. The number of nitrogens with two attached hydrogens (primary N) is 1. The molecular formula is C18H20ClN3O2Si. The van der Waals surface area contributed by atoms with E-state index >= 15 is 0 Å². The minimum Gasteiger partial charge on any atom is -0.384 e. The zero-order valence-electron chi connectivity index (χ0n) is 13.9. The van der Waals surface area contributed by atoms with E-state index in [1.165, 1.54) is 0 Å². The molecule has 7 heteroatoms. The Labute approximate surface area is 154 Å². The van der Waals surface area contributed by atoms with Crippen LogP contribution in [0.2, 0.25) is 5.02 Å². The third kappa shape index (κ3) is 3.05.